The Kier molecular flexibility index (Phi) is 10.6. The van der Waals surface area contributed by atoms with E-state index in [1.807, 2.05) is 59.5 Å². The summed E-state index contributed by atoms with van der Waals surface area (Å²) in [6, 6.07) is 24.1. The highest BCUT2D eigenvalue weighted by atomic mass is 16.5. The molecule has 7 heteroatoms. The highest BCUT2D eigenvalue weighted by Gasteiger charge is 2.15. The van der Waals surface area contributed by atoms with Crippen LogP contribution in [0.25, 0.3) is 0 Å². The van der Waals surface area contributed by atoms with Crippen molar-refractivity contribution in [1.29, 1.82) is 0 Å². The first-order chi connectivity index (χ1) is 17.6. The lowest BCUT2D eigenvalue weighted by Gasteiger charge is -2.21. The van der Waals surface area contributed by atoms with Gasteiger partial charge in [-0.25, -0.2) is 0 Å². The number of ether oxygens (including phenoxy) is 2. The van der Waals surface area contributed by atoms with E-state index in [-0.39, 0.29) is 18.4 Å². The van der Waals surface area contributed by atoms with Gasteiger partial charge in [0.05, 0.1) is 12.2 Å². The standard InChI is InChI=1S/C29H35N3O4/c1-3-17-32(18-4-2)29(34)23-11-10-12-24(21-23)31-28(33)22-30-26-15-8-9-16-27(26)36-20-19-35-25-13-6-5-7-14-25/h5-16,21,30H,3-4,17-20,22H2,1-2H3,(H,31,33). The molecule has 0 bridgehead atoms. The molecule has 0 aliphatic carbocycles. The summed E-state index contributed by atoms with van der Waals surface area (Å²) in [5, 5.41) is 6.00. The van der Waals surface area contributed by atoms with Gasteiger partial charge in [-0.1, -0.05) is 50.2 Å². The van der Waals surface area contributed by atoms with Crippen LogP contribution in [-0.2, 0) is 4.79 Å². The van der Waals surface area contributed by atoms with Crippen LogP contribution < -0.4 is 20.1 Å². The van der Waals surface area contributed by atoms with Gasteiger partial charge in [0.15, 0.2) is 0 Å². The number of carbonyl (C=O) groups excluding carboxylic acids is 2. The molecule has 0 unspecified atom stereocenters. The summed E-state index contributed by atoms with van der Waals surface area (Å²) in [6.45, 7) is 6.37. The van der Waals surface area contributed by atoms with Gasteiger partial charge >= 0.3 is 0 Å². The van der Waals surface area contributed by atoms with Crippen LogP contribution >= 0.6 is 0 Å². The van der Waals surface area contributed by atoms with E-state index in [1.165, 1.54) is 0 Å². The van der Waals surface area contributed by atoms with Crippen LogP contribution in [0.4, 0.5) is 11.4 Å². The quantitative estimate of drug-likeness (QED) is 0.294. The summed E-state index contributed by atoms with van der Waals surface area (Å²) < 4.78 is 11.5. The molecule has 3 rings (SSSR count). The highest BCUT2D eigenvalue weighted by Crippen LogP contribution is 2.23. The number of para-hydroxylation sites is 3. The number of anilines is 2. The number of hydrogen-bond donors (Lipinski definition) is 2. The molecule has 3 aromatic rings. The molecule has 0 fully saturated rings. The third-order valence-electron chi connectivity index (χ3n) is 5.35. The van der Waals surface area contributed by atoms with Gasteiger partial charge in [0.1, 0.15) is 24.7 Å². The number of nitrogens with zero attached hydrogens (tertiary/aromatic N) is 1. The fraction of sp³-hybridized carbons (Fsp3) is 0.310. The Morgan fingerprint density at radius 3 is 2.25 bits per heavy atom. The smallest absolute Gasteiger partial charge is 0.253 e. The fourth-order valence-electron chi connectivity index (χ4n) is 3.71. The predicted molar refractivity (Wildman–Crippen MR) is 144 cm³/mol. The summed E-state index contributed by atoms with van der Waals surface area (Å²) >= 11 is 0. The topological polar surface area (TPSA) is 79.9 Å². The van der Waals surface area contributed by atoms with E-state index in [0.29, 0.717) is 49.0 Å². The average Bonchev–Trinajstić information content (AvgIpc) is 2.90. The second kappa shape index (κ2) is 14.4. The number of benzene rings is 3. The number of amides is 2. The molecule has 0 spiro atoms. The Morgan fingerprint density at radius 1 is 0.806 bits per heavy atom. The molecule has 7 nitrogen and oxygen atoms in total. The first-order valence-electron chi connectivity index (χ1n) is 12.4. The largest absolute Gasteiger partial charge is 0.490 e. The molecule has 36 heavy (non-hydrogen) atoms. The van der Waals surface area contributed by atoms with Crippen molar-refractivity contribution in [3.63, 3.8) is 0 Å². The zero-order valence-electron chi connectivity index (χ0n) is 21.0. The van der Waals surface area contributed by atoms with Crippen molar-refractivity contribution in [2.45, 2.75) is 26.7 Å². The maximum Gasteiger partial charge on any atom is 0.253 e. The molecule has 0 aliphatic heterocycles. The maximum absolute atomic E-state index is 12.9. The Hall–Kier alpha value is -4.00. The minimum absolute atomic E-state index is 0.0183. The maximum atomic E-state index is 12.9. The average molecular weight is 490 g/mol. The lowest BCUT2D eigenvalue weighted by atomic mass is 10.1. The summed E-state index contributed by atoms with van der Waals surface area (Å²) in [6.07, 6.45) is 1.80. The summed E-state index contributed by atoms with van der Waals surface area (Å²) in [5.74, 6) is 1.19. The van der Waals surface area contributed by atoms with Gasteiger partial charge in [0, 0.05) is 24.3 Å². The van der Waals surface area contributed by atoms with E-state index < -0.39 is 0 Å². The normalized spacial score (nSPS) is 10.4. The number of nitrogens with one attached hydrogen (secondary N) is 2. The summed E-state index contributed by atoms with van der Waals surface area (Å²) in [4.78, 5) is 27.3. The van der Waals surface area contributed by atoms with Crippen LogP contribution in [0, 0.1) is 0 Å². The molecule has 0 saturated heterocycles. The van der Waals surface area contributed by atoms with Gasteiger partial charge in [0.2, 0.25) is 5.91 Å². The van der Waals surface area contributed by atoms with E-state index in [9.17, 15) is 9.59 Å². The Morgan fingerprint density at radius 2 is 1.50 bits per heavy atom. The van der Waals surface area contributed by atoms with Crippen molar-refractivity contribution in [3.05, 3.63) is 84.4 Å². The van der Waals surface area contributed by atoms with Gasteiger partial charge in [-0.3, -0.25) is 9.59 Å². The van der Waals surface area contributed by atoms with Crippen molar-refractivity contribution in [1.82, 2.24) is 4.90 Å². The van der Waals surface area contributed by atoms with Crippen molar-refractivity contribution in [2.24, 2.45) is 0 Å². The Labute approximate surface area is 213 Å². The lowest BCUT2D eigenvalue weighted by molar-refractivity contribution is -0.114. The molecule has 0 aromatic heterocycles. The monoisotopic (exact) mass is 489 g/mol. The van der Waals surface area contributed by atoms with E-state index >= 15 is 0 Å². The van der Waals surface area contributed by atoms with Crippen LogP contribution in [0.1, 0.15) is 37.0 Å². The third kappa shape index (κ3) is 8.34. The van der Waals surface area contributed by atoms with E-state index in [4.69, 9.17) is 9.47 Å². The molecule has 0 saturated carbocycles. The molecule has 0 aliphatic rings. The van der Waals surface area contributed by atoms with Crippen LogP contribution in [0.15, 0.2) is 78.9 Å². The van der Waals surface area contributed by atoms with Gasteiger partial charge in [-0.05, 0) is 55.3 Å². The SMILES string of the molecule is CCCN(CCC)C(=O)c1cccc(NC(=O)CNc2ccccc2OCCOc2ccccc2)c1. The van der Waals surface area contributed by atoms with Gasteiger partial charge in [-0.2, -0.15) is 0 Å². The third-order valence-corrected chi connectivity index (χ3v) is 5.35. The van der Waals surface area contributed by atoms with Crippen molar-refractivity contribution in [2.75, 3.05) is 43.5 Å². The summed E-state index contributed by atoms with van der Waals surface area (Å²) in [5.41, 5.74) is 1.87. The Balaban J connectivity index is 1.51. The van der Waals surface area contributed by atoms with E-state index in [1.54, 1.807) is 24.3 Å². The van der Waals surface area contributed by atoms with Crippen molar-refractivity contribution >= 4 is 23.2 Å². The number of hydrogen-bond acceptors (Lipinski definition) is 5. The first kappa shape index (κ1) is 26.6. The molecule has 0 atom stereocenters. The molecular formula is C29H35N3O4. The fourth-order valence-corrected chi connectivity index (χ4v) is 3.71. The van der Waals surface area contributed by atoms with Gasteiger partial charge < -0.3 is 25.0 Å². The molecule has 190 valence electrons. The number of carbonyl (C=O) groups is 2. The molecular weight excluding hydrogens is 454 g/mol. The van der Waals surface area contributed by atoms with E-state index in [0.717, 1.165) is 18.6 Å². The van der Waals surface area contributed by atoms with Crippen LogP contribution in [0.2, 0.25) is 0 Å². The number of rotatable bonds is 14. The zero-order chi connectivity index (χ0) is 25.6. The first-order valence-corrected chi connectivity index (χ1v) is 12.4. The lowest BCUT2D eigenvalue weighted by Crippen LogP contribution is -2.32. The summed E-state index contributed by atoms with van der Waals surface area (Å²) in [7, 11) is 0. The van der Waals surface area contributed by atoms with Crippen molar-refractivity contribution < 1.29 is 19.1 Å². The van der Waals surface area contributed by atoms with E-state index in [2.05, 4.69) is 24.5 Å². The van der Waals surface area contributed by atoms with Gasteiger partial charge in [0.25, 0.3) is 5.91 Å². The molecule has 2 N–H and O–H groups in total. The molecule has 0 radical (unpaired) electrons. The molecule has 2 amide bonds. The molecule has 0 heterocycles. The highest BCUT2D eigenvalue weighted by molar-refractivity contribution is 5.98. The minimum Gasteiger partial charge on any atom is -0.490 e. The molecule has 3 aromatic carbocycles. The zero-order valence-corrected chi connectivity index (χ0v) is 21.0. The minimum atomic E-state index is -0.221. The Bertz CT molecular complexity index is 1100. The second-order valence-electron chi connectivity index (χ2n) is 8.28. The second-order valence-corrected chi connectivity index (χ2v) is 8.28. The van der Waals surface area contributed by atoms with Crippen LogP contribution in [0.5, 0.6) is 11.5 Å². The van der Waals surface area contributed by atoms with Crippen LogP contribution in [0.3, 0.4) is 0 Å². The van der Waals surface area contributed by atoms with Crippen molar-refractivity contribution in [3.8, 4) is 11.5 Å². The van der Waals surface area contributed by atoms with Gasteiger partial charge in [-0.15, -0.1) is 0 Å². The van der Waals surface area contributed by atoms with Crippen LogP contribution in [-0.4, -0.2) is 49.6 Å². The predicted octanol–water partition coefficient (Wildman–Crippen LogP) is 5.46.